The Kier molecular flexibility index (Phi) is 3.70. The van der Waals surface area contributed by atoms with Gasteiger partial charge < -0.3 is 14.6 Å². The molecule has 1 aromatic heterocycles. The van der Waals surface area contributed by atoms with Crippen molar-refractivity contribution in [3.63, 3.8) is 0 Å². The minimum Gasteiger partial charge on any atom is -0.505 e. The molecule has 0 aliphatic heterocycles. The van der Waals surface area contributed by atoms with E-state index < -0.39 is 34.9 Å². The second kappa shape index (κ2) is 5.95. The molecule has 2 N–H and O–H groups in total. The van der Waals surface area contributed by atoms with Crippen LogP contribution in [0.15, 0.2) is 41.0 Å². The summed E-state index contributed by atoms with van der Waals surface area (Å²) in [5.74, 6) is -6.20. The molecule has 1 unspecified atom stereocenters. The fourth-order valence-electron chi connectivity index (χ4n) is 3.33. The Balaban J connectivity index is 2.01. The molecule has 0 amide bonds. The van der Waals surface area contributed by atoms with Crippen LogP contribution in [0.2, 0.25) is 0 Å². The van der Waals surface area contributed by atoms with Gasteiger partial charge in [0, 0.05) is 11.1 Å². The van der Waals surface area contributed by atoms with Crippen LogP contribution in [0.5, 0.6) is 11.5 Å². The second-order valence-electron chi connectivity index (χ2n) is 6.00. The van der Waals surface area contributed by atoms with E-state index in [-0.39, 0.29) is 28.0 Å². The first-order valence-electron chi connectivity index (χ1n) is 7.81. The highest BCUT2D eigenvalue weighted by atomic mass is 19.2. The Bertz CT molecular complexity index is 1160. The molecule has 0 spiro atoms. The summed E-state index contributed by atoms with van der Waals surface area (Å²) >= 11 is 0. The van der Waals surface area contributed by atoms with Gasteiger partial charge in [0.15, 0.2) is 23.1 Å². The number of furan rings is 1. The first-order chi connectivity index (χ1) is 12.9. The molecular weight excluding hydrogens is 359 g/mol. The van der Waals surface area contributed by atoms with Gasteiger partial charge in [-0.1, -0.05) is 6.07 Å². The van der Waals surface area contributed by atoms with E-state index in [2.05, 4.69) is 0 Å². The number of aromatic hydroxyl groups is 2. The number of halogens is 3. The fourth-order valence-corrected chi connectivity index (χ4v) is 3.33. The Morgan fingerprint density at radius 2 is 1.63 bits per heavy atom. The van der Waals surface area contributed by atoms with Crippen LogP contribution in [0.4, 0.5) is 13.2 Å². The highest BCUT2D eigenvalue weighted by molar-refractivity contribution is 5.94. The van der Waals surface area contributed by atoms with Crippen LogP contribution in [0, 0.1) is 28.8 Å². The lowest BCUT2D eigenvalue weighted by atomic mass is 9.87. The van der Waals surface area contributed by atoms with Crippen molar-refractivity contribution < 1.29 is 27.8 Å². The zero-order valence-electron chi connectivity index (χ0n) is 13.5. The summed E-state index contributed by atoms with van der Waals surface area (Å²) in [6.07, 6.45) is 2.67. The maximum atomic E-state index is 14.7. The molecule has 1 atom stereocenters. The third kappa shape index (κ3) is 2.38. The Morgan fingerprint density at radius 1 is 0.926 bits per heavy atom. The van der Waals surface area contributed by atoms with Crippen molar-refractivity contribution >= 4 is 11.6 Å². The molecule has 7 heteroatoms. The molecule has 1 aliphatic rings. The number of nitriles is 1. The van der Waals surface area contributed by atoms with Crippen LogP contribution in [-0.2, 0) is 0 Å². The molecule has 0 saturated heterocycles. The first kappa shape index (κ1) is 16.8. The topological polar surface area (TPSA) is 77.4 Å². The van der Waals surface area contributed by atoms with E-state index in [1.54, 1.807) is 0 Å². The molecule has 0 radical (unpaired) electrons. The maximum absolute atomic E-state index is 14.7. The van der Waals surface area contributed by atoms with E-state index in [0.29, 0.717) is 5.56 Å². The molecule has 2 aromatic carbocycles. The van der Waals surface area contributed by atoms with Crippen LogP contribution in [-0.4, -0.2) is 10.2 Å². The van der Waals surface area contributed by atoms with Crippen molar-refractivity contribution in [1.29, 1.82) is 5.26 Å². The average molecular weight is 369 g/mol. The van der Waals surface area contributed by atoms with Crippen LogP contribution < -0.4 is 0 Å². The molecule has 0 fully saturated rings. The number of fused-ring (bicyclic) bond motifs is 1. The van der Waals surface area contributed by atoms with Crippen molar-refractivity contribution in [2.45, 2.75) is 5.92 Å². The third-order valence-corrected chi connectivity index (χ3v) is 4.55. The number of benzene rings is 2. The molecular formula is C20H10F3NO3. The number of phenolic OH excluding ortho intramolecular Hbond substituents is 2. The Morgan fingerprint density at radius 3 is 2.37 bits per heavy atom. The lowest BCUT2D eigenvalue weighted by molar-refractivity contribution is 0.406. The summed E-state index contributed by atoms with van der Waals surface area (Å²) in [4.78, 5) is 0. The number of rotatable bonds is 2. The van der Waals surface area contributed by atoms with E-state index in [9.17, 15) is 28.6 Å². The smallest absolute Gasteiger partial charge is 0.200 e. The monoisotopic (exact) mass is 369 g/mol. The Hall–Kier alpha value is -3.66. The van der Waals surface area contributed by atoms with Crippen molar-refractivity contribution in [2.75, 3.05) is 0 Å². The molecule has 3 aromatic rings. The lowest BCUT2D eigenvalue weighted by Gasteiger charge is -2.17. The predicted octanol–water partition coefficient (Wildman–Crippen LogP) is 4.67. The second-order valence-corrected chi connectivity index (χ2v) is 6.00. The molecule has 134 valence electrons. The minimum absolute atomic E-state index is 0.00988. The van der Waals surface area contributed by atoms with Crippen molar-refractivity contribution in [1.82, 2.24) is 0 Å². The van der Waals surface area contributed by atoms with Crippen molar-refractivity contribution in [2.24, 2.45) is 0 Å². The summed E-state index contributed by atoms with van der Waals surface area (Å²) in [6, 6.07) is 8.00. The van der Waals surface area contributed by atoms with E-state index in [1.807, 2.05) is 6.07 Å². The lowest BCUT2D eigenvalue weighted by Crippen LogP contribution is -2.06. The van der Waals surface area contributed by atoms with Gasteiger partial charge in [-0.25, -0.2) is 8.78 Å². The van der Waals surface area contributed by atoms with Gasteiger partial charge in [0.2, 0.25) is 5.82 Å². The molecule has 0 bridgehead atoms. The van der Waals surface area contributed by atoms with Gasteiger partial charge in [-0.05, 0) is 41.5 Å². The first-order valence-corrected chi connectivity index (χ1v) is 7.81. The van der Waals surface area contributed by atoms with Crippen LogP contribution >= 0.6 is 0 Å². The molecule has 27 heavy (non-hydrogen) atoms. The van der Waals surface area contributed by atoms with Gasteiger partial charge in [-0.3, -0.25) is 0 Å². The highest BCUT2D eigenvalue weighted by Gasteiger charge is 2.37. The summed E-state index contributed by atoms with van der Waals surface area (Å²) in [5.41, 5.74) is 0.340. The van der Waals surface area contributed by atoms with E-state index in [0.717, 1.165) is 18.2 Å². The van der Waals surface area contributed by atoms with Gasteiger partial charge in [-0.15, -0.1) is 0 Å². The van der Waals surface area contributed by atoms with E-state index >= 15 is 0 Å². The number of phenols is 2. The van der Waals surface area contributed by atoms with Crippen molar-refractivity contribution in [3.05, 3.63) is 82.1 Å². The van der Waals surface area contributed by atoms with Crippen LogP contribution in [0.1, 0.15) is 33.9 Å². The van der Waals surface area contributed by atoms with Crippen LogP contribution in [0.3, 0.4) is 0 Å². The normalized spacial score (nSPS) is 15.3. The zero-order chi connectivity index (χ0) is 19.3. The summed E-state index contributed by atoms with van der Waals surface area (Å²) < 4.78 is 48.4. The zero-order valence-corrected chi connectivity index (χ0v) is 13.5. The van der Waals surface area contributed by atoms with Gasteiger partial charge in [0.05, 0.1) is 17.7 Å². The third-order valence-electron chi connectivity index (χ3n) is 4.55. The minimum atomic E-state index is -1.44. The molecule has 0 saturated carbocycles. The van der Waals surface area contributed by atoms with Gasteiger partial charge in [-0.2, -0.15) is 9.65 Å². The summed E-state index contributed by atoms with van der Waals surface area (Å²) in [6.45, 7) is 0. The van der Waals surface area contributed by atoms with Gasteiger partial charge >= 0.3 is 0 Å². The number of allylic oxidation sites excluding steroid dienone is 1. The van der Waals surface area contributed by atoms with Gasteiger partial charge in [0.1, 0.15) is 11.8 Å². The standard InChI is InChI=1S/C20H10F3NO3/c21-17-11(2-4-14(26)19(17)23)12-7-9-1-3-13(25)18(22)15(9)16(12)20-10(8-24)5-6-27-20/h1-7,16,25-26H. The predicted molar refractivity (Wildman–Crippen MR) is 89.2 cm³/mol. The quantitative estimate of drug-likeness (QED) is 0.688. The number of hydrogen-bond donors (Lipinski definition) is 2. The SMILES string of the molecule is N#Cc1ccoc1C1C(c2ccc(O)c(F)c2F)=Cc2ccc(O)c(F)c21. The summed E-state index contributed by atoms with van der Waals surface area (Å²) in [7, 11) is 0. The molecule has 1 heterocycles. The van der Waals surface area contributed by atoms with E-state index in [4.69, 9.17) is 4.42 Å². The summed E-state index contributed by atoms with van der Waals surface area (Å²) in [5, 5.41) is 28.4. The van der Waals surface area contributed by atoms with Crippen molar-refractivity contribution in [3.8, 4) is 17.6 Å². The molecule has 4 rings (SSSR count). The van der Waals surface area contributed by atoms with E-state index in [1.165, 1.54) is 24.5 Å². The number of hydrogen-bond acceptors (Lipinski definition) is 4. The fraction of sp³-hybridized carbons (Fsp3) is 0.0500. The molecule has 1 aliphatic carbocycles. The average Bonchev–Trinajstić information content (AvgIpc) is 3.27. The number of nitrogens with zero attached hydrogens (tertiary/aromatic N) is 1. The molecule has 4 nitrogen and oxygen atoms in total. The highest BCUT2D eigenvalue weighted by Crippen LogP contribution is 2.50. The van der Waals surface area contributed by atoms with Crippen LogP contribution in [0.25, 0.3) is 11.6 Å². The van der Waals surface area contributed by atoms with Gasteiger partial charge in [0.25, 0.3) is 0 Å². The largest absolute Gasteiger partial charge is 0.505 e. The maximum Gasteiger partial charge on any atom is 0.200 e. The Labute approximate surface area is 151 Å².